The number of rotatable bonds is 4. The lowest BCUT2D eigenvalue weighted by Gasteiger charge is -2.11. The monoisotopic (exact) mass is 428 g/mol. The zero-order valence-corrected chi connectivity index (χ0v) is 16.3. The Morgan fingerprint density at radius 3 is 2.73 bits per heavy atom. The average Bonchev–Trinajstić information content (AvgIpc) is 3.08. The van der Waals surface area contributed by atoms with E-state index < -0.39 is 23.6 Å². The van der Waals surface area contributed by atoms with E-state index >= 15 is 0 Å². The Hall–Kier alpha value is -1.94. The van der Waals surface area contributed by atoms with Gasteiger partial charge in [-0.1, -0.05) is 40.6 Å². The van der Waals surface area contributed by atoms with Gasteiger partial charge in [-0.25, -0.2) is 0 Å². The minimum absolute atomic E-state index is 0.179. The summed E-state index contributed by atoms with van der Waals surface area (Å²) in [6.07, 6.45) is 1.50. The van der Waals surface area contributed by atoms with Gasteiger partial charge in [0.25, 0.3) is 11.1 Å². The summed E-state index contributed by atoms with van der Waals surface area (Å²) in [4.78, 5) is 37.6. The summed E-state index contributed by atoms with van der Waals surface area (Å²) >= 11 is 13.9. The molecule has 0 saturated carbocycles. The van der Waals surface area contributed by atoms with E-state index in [2.05, 4.69) is 15.5 Å². The second-order valence-electron chi connectivity index (χ2n) is 5.11. The van der Waals surface area contributed by atoms with Crippen LogP contribution in [0.4, 0.5) is 9.93 Å². The van der Waals surface area contributed by atoms with Gasteiger partial charge >= 0.3 is 0 Å². The molecule has 1 saturated heterocycles. The van der Waals surface area contributed by atoms with Crippen LogP contribution < -0.4 is 5.32 Å². The molecule has 134 valence electrons. The highest BCUT2D eigenvalue weighted by Gasteiger charge is 2.36. The lowest BCUT2D eigenvalue weighted by molar-refractivity contribution is -0.127. The predicted octanol–water partition coefficient (Wildman–Crippen LogP) is 3.83. The van der Waals surface area contributed by atoms with Crippen molar-refractivity contribution in [2.75, 3.05) is 11.9 Å². The number of imide groups is 1. The molecule has 2 heterocycles. The lowest BCUT2D eigenvalue weighted by Crippen LogP contribution is -2.36. The molecule has 3 rings (SSSR count). The average molecular weight is 429 g/mol. The lowest BCUT2D eigenvalue weighted by atomic mass is 10.2. The Kier molecular flexibility index (Phi) is 5.61. The topological polar surface area (TPSA) is 92.3 Å². The number of nitrogens with zero attached hydrogens (tertiary/aromatic N) is 3. The van der Waals surface area contributed by atoms with Crippen LogP contribution >= 0.6 is 46.3 Å². The van der Waals surface area contributed by atoms with Crippen LogP contribution in [0.15, 0.2) is 23.1 Å². The van der Waals surface area contributed by atoms with Gasteiger partial charge in [0.15, 0.2) is 0 Å². The van der Waals surface area contributed by atoms with Crippen LogP contribution in [0.3, 0.4) is 0 Å². The molecule has 1 aliphatic rings. The van der Waals surface area contributed by atoms with Gasteiger partial charge in [0, 0.05) is 10.0 Å². The number of amides is 3. The molecule has 2 aromatic rings. The maximum atomic E-state index is 12.4. The number of hydrogen-bond acceptors (Lipinski definition) is 7. The van der Waals surface area contributed by atoms with Gasteiger partial charge in [-0.3, -0.25) is 24.6 Å². The first-order valence-corrected chi connectivity index (χ1v) is 9.53. The van der Waals surface area contributed by atoms with Gasteiger partial charge in [0.1, 0.15) is 11.6 Å². The van der Waals surface area contributed by atoms with E-state index in [0.717, 1.165) is 16.7 Å². The van der Waals surface area contributed by atoms with Crippen molar-refractivity contribution in [2.24, 2.45) is 0 Å². The summed E-state index contributed by atoms with van der Waals surface area (Å²) < 4.78 is 0. The molecule has 1 aliphatic heterocycles. The standard InChI is InChI=1S/C15H10Cl2N4O3S2/c1-7-19-20-14(25-7)18-12(22)6-21-13(23)11(26-15(21)24)4-8-2-3-9(16)5-10(8)17/h2-5H,6H2,1H3,(H,18,20,22). The Morgan fingerprint density at radius 1 is 1.31 bits per heavy atom. The van der Waals surface area contributed by atoms with Crippen molar-refractivity contribution in [1.29, 1.82) is 0 Å². The van der Waals surface area contributed by atoms with E-state index in [4.69, 9.17) is 23.2 Å². The van der Waals surface area contributed by atoms with E-state index in [-0.39, 0.29) is 4.91 Å². The quantitative estimate of drug-likeness (QED) is 0.743. The van der Waals surface area contributed by atoms with Crippen LogP contribution in [-0.4, -0.2) is 38.7 Å². The molecule has 3 amide bonds. The van der Waals surface area contributed by atoms with Crippen LogP contribution in [0, 0.1) is 6.92 Å². The zero-order chi connectivity index (χ0) is 18.8. The van der Waals surface area contributed by atoms with Gasteiger partial charge in [-0.2, -0.15) is 0 Å². The van der Waals surface area contributed by atoms with Crippen molar-refractivity contribution in [3.8, 4) is 0 Å². The number of aryl methyl sites for hydroxylation is 1. The molecular formula is C15H10Cl2N4O3S2. The second kappa shape index (κ2) is 7.75. The fraction of sp³-hybridized carbons (Fsp3) is 0.133. The summed E-state index contributed by atoms with van der Waals surface area (Å²) in [6.45, 7) is 1.34. The van der Waals surface area contributed by atoms with Crippen LogP contribution in [0.5, 0.6) is 0 Å². The molecule has 0 unspecified atom stereocenters. The van der Waals surface area contributed by atoms with Crippen LogP contribution in [0.25, 0.3) is 6.08 Å². The first kappa shape index (κ1) is 18.8. The third-order valence-corrected chi connectivity index (χ3v) is 5.42. The van der Waals surface area contributed by atoms with Gasteiger partial charge in [-0.05, 0) is 42.5 Å². The maximum Gasteiger partial charge on any atom is 0.294 e. The van der Waals surface area contributed by atoms with Crippen molar-refractivity contribution in [3.05, 3.63) is 43.7 Å². The summed E-state index contributed by atoms with van der Waals surface area (Å²) in [5, 5.41) is 11.3. The normalized spacial score (nSPS) is 15.8. The third-order valence-electron chi connectivity index (χ3n) is 3.20. The fourth-order valence-electron chi connectivity index (χ4n) is 2.05. The molecule has 0 spiro atoms. The number of carbonyl (C=O) groups excluding carboxylic acids is 3. The molecule has 0 bridgehead atoms. The summed E-state index contributed by atoms with van der Waals surface area (Å²) in [7, 11) is 0. The fourth-order valence-corrected chi connectivity index (χ4v) is 3.95. The molecule has 1 N–H and O–H groups in total. The molecular weight excluding hydrogens is 419 g/mol. The highest BCUT2D eigenvalue weighted by Crippen LogP contribution is 2.34. The van der Waals surface area contributed by atoms with Crippen molar-refractivity contribution >= 4 is 74.6 Å². The van der Waals surface area contributed by atoms with Crippen molar-refractivity contribution in [2.45, 2.75) is 6.92 Å². The highest BCUT2D eigenvalue weighted by molar-refractivity contribution is 8.18. The molecule has 1 fully saturated rings. The van der Waals surface area contributed by atoms with E-state index in [1.807, 2.05) is 0 Å². The largest absolute Gasteiger partial charge is 0.299 e. The third kappa shape index (κ3) is 4.24. The first-order valence-electron chi connectivity index (χ1n) is 7.14. The van der Waals surface area contributed by atoms with Gasteiger partial charge in [-0.15, -0.1) is 10.2 Å². The summed E-state index contributed by atoms with van der Waals surface area (Å²) in [5.41, 5.74) is 0.551. The Bertz CT molecular complexity index is 945. The predicted molar refractivity (Wildman–Crippen MR) is 102 cm³/mol. The van der Waals surface area contributed by atoms with E-state index in [1.165, 1.54) is 23.5 Å². The molecule has 0 radical (unpaired) electrons. The van der Waals surface area contributed by atoms with Gasteiger partial charge < -0.3 is 0 Å². The van der Waals surface area contributed by atoms with Crippen LogP contribution in [0.2, 0.25) is 10.0 Å². The smallest absolute Gasteiger partial charge is 0.294 e. The molecule has 11 heteroatoms. The van der Waals surface area contributed by atoms with Gasteiger partial charge in [0.05, 0.1) is 4.91 Å². The zero-order valence-electron chi connectivity index (χ0n) is 13.2. The number of nitrogens with one attached hydrogen (secondary N) is 1. The molecule has 26 heavy (non-hydrogen) atoms. The maximum absolute atomic E-state index is 12.4. The van der Waals surface area contributed by atoms with Crippen molar-refractivity contribution in [1.82, 2.24) is 15.1 Å². The Labute approximate surface area is 166 Å². The van der Waals surface area contributed by atoms with Crippen LogP contribution in [-0.2, 0) is 9.59 Å². The van der Waals surface area contributed by atoms with Crippen LogP contribution in [0.1, 0.15) is 10.6 Å². The van der Waals surface area contributed by atoms with Crippen molar-refractivity contribution < 1.29 is 14.4 Å². The van der Waals surface area contributed by atoms with Crippen molar-refractivity contribution in [3.63, 3.8) is 0 Å². The minimum atomic E-state index is -0.561. The Balaban J connectivity index is 1.72. The summed E-state index contributed by atoms with van der Waals surface area (Å²) in [5.74, 6) is -1.09. The molecule has 0 aliphatic carbocycles. The van der Waals surface area contributed by atoms with E-state index in [0.29, 0.717) is 25.7 Å². The number of aromatic nitrogens is 2. The van der Waals surface area contributed by atoms with Gasteiger partial charge in [0.2, 0.25) is 11.0 Å². The molecule has 0 atom stereocenters. The summed E-state index contributed by atoms with van der Waals surface area (Å²) in [6, 6.07) is 4.81. The molecule has 1 aromatic heterocycles. The molecule has 7 nitrogen and oxygen atoms in total. The van der Waals surface area contributed by atoms with E-state index in [1.54, 1.807) is 19.1 Å². The first-order chi connectivity index (χ1) is 12.3. The number of halogens is 2. The highest BCUT2D eigenvalue weighted by atomic mass is 35.5. The number of hydrogen-bond donors (Lipinski definition) is 1. The number of anilines is 1. The van der Waals surface area contributed by atoms with E-state index in [9.17, 15) is 14.4 Å². The Morgan fingerprint density at radius 2 is 2.08 bits per heavy atom. The second-order valence-corrected chi connectivity index (χ2v) is 8.13. The SMILES string of the molecule is Cc1nnc(NC(=O)CN2C(=O)SC(=Cc3ccc(Cl)cc3Cl)C2=O)s1. The minimum Gasteiger partial charge on any atom is -0.299 e. The molecule has 1 aromatic carbocycles. The number of benzene rings is 1. The number of thioether (sulfide) groups is 1. The number of carbonyl (C=O) groups is 3.